The Kier molecular flexibility index (Phi) is 4.18. The van der Waals surface area contributed by atoms with Gasteiger partial charge in [-0.1, -0.05) is 6.07 Å². The minimum atomic E-state index is -0.250. The predicted molar refractivity (Wildman–Crippen MR) is 56.3 cm³/mol. The molecule has 0 bridgehead atoms. The number of rotatable bonds is 4. The molecule has 0 aliphatic rings. The number of hydrogen-bond acceptors (Lipinski definition) is 2. The molecule has 0 atom stereocenters. The van der Waals surface area contributed by atoms with Gasteiger partial charge in [-0.05, 0) is 41.0 Å². The van der Waals surface area contributed by atoms with E-state index in [0.717, 1.165) is 6.42 Å². The van der Waals surface area contributed by atoms with E-state index >= 15 is 0 Å². The van der Waals surface area contributed by atoms with E-state index in [1.807, 2.05) is 0 Å². The highest BCUT2D eigenvalue weighted by molar-refractivity contribution is 9.10. The number of benzene rings is 1. The van der Waals surface area contributed by atoms with Gasteiger partial charge in [0, 0.05) is 6.54 Å². The molecule has 0 radical (unpaired) electrons. The van der Waals surface area contributed by atoms with Gasteiger partial charge in [0.1, 0.15) is 0 Å². The lowest BCUT2D eigenvalue weighted by molar-refractivity contribution is 0.623. The van der Waals surface area contributed by atoms with Gasteiger partial charge in [-0.2, -0.15) is 0 Å². The van der Waals surface area contributed by atoms with Crippen LogP contribution in [0.1, 0.15) is 6.42 Å². The Bertz CT molecular complexity index is 278. The highest BCUT2D eigenvalue weighted by Crippen LogP contribution is 2.22. The summed E-state index contributed by atoms with van der Waals surface area (Å²) < 4.78 is 13.8. The molecule has 72 valence electrons. The topological polar surface area (TPSA) is 38.0 Å². The van der Waals surface area contributed by atoms with Gasteiger partial charge in [-0.25, -0.2) is 4.39 Å². The van der Waals surface area contributed by atoms with Crippen LogP contribution in [0.25, 0.3) is 0 Å². The molecule has 0 aliphatic heterocycles. The standard InChI is InChI=1S/C9H12BrFN2/c10-7-3-1-4-8(9(7)11)13-6-2-5-12/h1,3-4,13H,2,5-6,12H2. The second-order valence-corrected chi connectivity index (χ2v) is 3.52. The van der Waals surface area contributed by atoms with Crippen LogP contribution in [0.3, 0.4) is 0 Å². The van der Waals surface area contributed by atoms with E-state index in [4.69, 9.17) is 5.73 Å². The first kappa shape index (κ1) is 10.5. The van der Waals surface area contributed by atoms with E-state index in [-0.39, 0.29) is 5.82 Å². The average molecular weight is 247 g/mol. The highest BCUT2D eigenvalue weighted by atomic mass is 79.9. The summed E-state index contributed by atoms with van der Waals surface area (Å²) in [7, 11) is 0. The number of hydrogen-bond donors (Lipinski definition) is 2. The quantitative estimate of drug-likeness (QED) is 0.801. The van der Waals surface area contributed by atoms with Crippen molar-refractivity contribution >= 4 is 21.6 Å². The van der Waals surface area contributed by atoms with Crippen molar-refractivity contribution < 1.29 is 4.39 Å². The fourth-order valence-corrected chi connectivity index (χ4v) is 1.33. The summed E-state index contributed by atoms with van der Waals surface area (Å²) in [5, 5.41) is 2.97. The third-order valence-corrected chi connectivity index (χ3v) is 2.26. The first-order chi connectivity index (χ1) is 6.25. The van der Waals surface area contributed by atoms with E-state index in [2.05, 4.69) is 21.2 Å². The molecule has 13 heavy (non-hydrogen) atoms. The monoisotopic (exact) mass is 246 g/mol. The van der Waals surface area contributed by atoms with Gasteiger partial charge in [0.15, 0.2) is 5.82 Å². The fourth-order valence-electron chi connectivity index (χ4n) is 0.965. The summed E-state index contributed by atoms with van der Waals surface area (Å²) in [5.41, 5.74) is 5.83. The zero-order chi connectivity index (χ0) is 9.68. The van der Waals surface area contributed by atoms with E-state index in [9.17, 15) is 4.39 Å². The van der Waals surface area contributed by atoms with Crippen LogP contribution in [0.15, 0.2) is 22.7 Å². The molecule has 0 saturated heterocycles. The van der Waals surface area contributed by atoms with Crippen LogP contribution < -0.4 is 11.1 Å². The smallest absolute Gasteiger partial charge is 0.160 e. The maximum Gasteiger partial charge on any atom is 0.160 e. The molecule has 0 spiro atoms. The summed E-state index contributed by atoms with van der Waals surface area (Å²) in [4.78, 5) is 0. The second kappa shape index (κ2) is 5.19. The number of nitrogens with two attached hydrogens (primary N) is 1. The molecule has 0 unspecified atom stereocenters. The maximum absolute atomic E-state index is 13.3. The Labute approximate surface area is 85.4 Å². The van der Waals surface area contributed by atoms with Crippen molar-refractivity contribution in [2.45, 2.75) is 6.42 Å². The lowest BCUT2D eigenvalue weighted by Gasteiger charge is -2.06. The second-order valence-electron chi connectivity index (χ2n) is 2.67. The molecule has 0 saturated carbocycles. The van der Waals surface area contributed by atoms with Crippen molar-refractivity contribution in [3.05, 3.63) is 28.5 Å². The van der Waals surface area contributed by atoms with Crippen molar-refractivity contribution in [3.63, 3.8) is 0 Å². The minimum absolute atomic E-state index is 0.250. The third-order valence-electron chi connectivity index (χ3n) is 1.65. The molecule has 0 aliphatic carbocycles. The zero-order valence-corrected chi connectivity index (χ0v) is 8.77. The molecule has 1 aromatic rings. The molecular weight excluding hydrogens is 235 g/mol. The number of anilines is 1. The summed E-state index contributed by atoms with van der Waals surface area (Å²) in [6.07, 6.45) is 0.839. The highest BCUT2D eigenvalue weighted by Gasteiger charge is 2.03. The fraction of sp³-hybridized carbons (Fsp3) is 0.333. The van der Waals surface area contributed by atoms with Gasteiger partial charge in [-0.3, -0.25) is 0 Å². The van der Waals surface area contributed by atoms with Crippen LogP contribution in [0, 0.1) is 5.82 Å². The summed E-state index contributed by atoms with van der Waals surface area (Å²) >= 11 is 3.12. The van der Waals surface area contributed by atoms with E-state index in [1.54, 1.807) is 18.2 Å². The number of halogens is 2. The molecule has 0 aromatic heterocycles. The van der Waals surface area contributed by atoms with Crippen molar-refractivity contribution in [1.82, 2.24) is 0 Å². The van der Waals surface area contributed by atoms with Crippen LogP contribution in [0.5, 0.6) is 0 Å². The molecule has 4 heteroatoms. The molecule has 2 nitrogen and oxygen atoms in total. The molecule has 0 heterocycles. The van der Waals surface area contributed by atoms with Crippen molar-refractivity contribution in [2.75, 3.05) is 18.4 Å². The van der Waals surface area contributed by atoms with Gasteiger partial charge in [-0.15, -0.1) is 0 Å². The predicted octanol–water partition coefficient (Wildman–Crippen LogP) is 2.35. The maximum atomic E-state index is 13.3. The molecule has 1 rings (SSSR count). The van der Waals surface area contributed by atoms with E-state index in [0.29, 0.717) is 23.2 Å². The van der Waals surface area contributed by atoms with Crippen LogP contribution in [-0.2, 0) is 0 Å². The van der Waals surface area contributed by atoms with Crippen molar-refractivity contribution in [2.24, 2.45) is 5.73 Å². The Morgan fingerprint density at radius 3 is 2.92 bits per heavy atom. The van der Waals surface area contributed by atoms with Crippen molar-refractivity contribution in [3.8, 4) is 0 Å². The van der Waals surface area contributed by atoms with E-state index < -0.39 is 0 Å². The average Bonchev–Trinajstić information content (AvgIpc) is 2.13. The largest absolute Gasteiger partial charge is 0.383 e. The van der Waals surface area contributed by atoms with Crippen LogP contribution in [0.2, 0.25) is 0 Å². The summed E-state index contributed by atoms with van der Waals surface area (Å²) in [6.45, 7) is 1.31. The lowest BCUT2D eigenvalue weighted by Crippen LogP contribution is -2.09. The summed E-state index contributed by atoms with van der Waals surface area (Å²) in [5.74, 6) is -0.250. The Balaban J connectivity index is 2.61. The lowest BCUT2D eigenvalue weighted by atomic mass is 10.3. The molecular formula is C9H12BrFN2. The summed E-state index contributed by atoms with van der Waals surface area (Å²) in [6, 6.07) is 5.16. The Hall–Kier alpha value is -0.610. The Morgan fingerprint density at radius 1 is 1.46 bits per heavy atom. The van der Waals surface area contributed by atoms with E-state index in [1.165, 1.54) is 0 Å². The molecule has 0 fully saturated rings. The first-order valence-electron chi connectivity index (χ1n) is 4.13. The normalized spacial score (nSPS) is 10.1. The van der Waals surface area contributed by atoms with Gasteiger partial charge >= 0.3 is 0 Å². The zero-order valence-electron chi connectivity index (χ0n) is 7.19. The number of nitrogens with one attached hydrogen (secondary N) is 1. The SMILES string of the molecule is NCCCNc1cccc(Br)c1F. The van der Waals surface area contributed by atoms with Gasteiger partial charge in [0.2, 0.25) is 0 Å². The molecule has 0 amide bonds. The first-order valence-corrected chi connectivity index (χ1v) is 4.93. The molecule has 1 aromatic carbocycles. The molecule has 3 N–H and O–H groups in total. The van der Waals surface area contributed by atoms with Gasteiger partial charge in [0.25, 0.3) is 0 Å². The Morgan fingerprint density at radius 2 is 2.23 bits per heavy atom. The van der Waals surface area contributed by atoms with Crippen LogP contribution >= 0.6 is 15.9 Å². The van der Waals surface area contributed by atoms with Gasteiger partial charge < -0.3 is 11.1 Å². The van der Waals surface area contributed by atoms with Crippen LogP contribution in [0.4, 0.5) is 10.1 Å². The minimum Gasteiger partial charge on any atom is -0.383 e. The van der Waals surface area contributed by atoms with Crippen LogP contribution in [-0.4, -0.2) is 13.1 Å². The van der Waals surface area contributed by atoms with Gasteiger partial charge in [0.05, 0.1) is 10.2 Å². The third kappa shape index (κ3) is 2.97. The van der Waals surface area contributed by atoms with Crippen molar-refractivity contribution in [1.29, 1.82) is 0 Å².